The van der Waals surface area contributed by atoms with E-state index in [0.29, 0.717) is 12.4 Å². The van der Waals surface area contributed by atoms with Crippen LogP contribution in [-0.4, -0.2) is 31.0 Å². The van der Waals surface area contributed by atoms with Gasteiger partial charge in [0.05, 0.1) is 11.4 Å². The summed E-state index contributed by atoms with van der Waals surface area (Å²) in [6.45, 7) is 8.46. The van der Waals surface area contributed by atoms with Crippen molar-refractivity contribution in [1.29, 1.82) is 0 Å². The first-order valence-corrected chi connectivity index (χ1v) is 12.4. The van der Waals surface area contributed by atoms with Gasteiger partial charge in [-0.15, -0.1) is 0 Å². The molecule has 0 aliphatic carbocycles. The number of carbonyl (C=O) groups is 1. The second-order valence-electron chi connectivity index (χ2n) is 9.23. The van der Waals surface area contributed by atoms with Gasteiger partial charge in [-0.1, -0.05) is 50.2 Å². The minimum atomic E-state index is -3.79. The molecule has 0 saturated heterocycles. The molecule has 174 valence electrons. The minimum Gasteiger partial charge on any atom is -0.338 e. The normalized spacial score (nSPS) is 14.2. The number of nitrogens with one attached hydrogen (secondary N) is 1. The second-order valence-corrected chi connectivity index (χ2v) is 11.0. The number of hydrogen-bond acceptors (Lipinski definition) is 6. The first-order valence-electron chi connectivity index (χ1n) is 10.9. The summed E-state index contributed by atoms with van der Waals surface area (Å²) in [5.74, 6) is 0.530. The number of sulfonamides is 1. The number of carbonyl (C=O) groups excluding carboxylic acids is 1. The van der Waals surface area contributed by atoms with E-state index in [0.717, 1.165) is 29.7 Å². The number of fused-ring (bicyclic) bond motifs is 1. The van der Waals surface area contributed by atoms with Gasteiger partial charge >= 0.3 is 0 Å². The van der Waals surface area contributed by atoms with E-state index < -0.39 is 10.0 Å². The molecule has 0 spiro atoms. The van der Waals surface area contributed by atoms with Crippen LogP contribution in [-0.2, 0) is 33.2 Å². The molecule has 0 saturated carbocycles. The molecule has 3 aromatic rings. The van der Waals surface area contributed by atoms with Crippen LogP contribution in [0, 0.1) is 0 Å². The fourth-order valence-electron chi connectivity index (χ4n) is 3.87. The van der Waals surface area contributed by atoms with E-state index in [2.05, 4.69) is 35.6 Å². The Morgan fingerprint density at radius 2 is 1.88 bits per heavy atom. The zero-order valence-corrected chi connectivity index (χ0v) is 20.1. The van der Waals surface area contributed by atoms with E-state index >= 15 is 0 Å². The minimum absolute atomic E-state index is 0.0419. The number of nitrogens with zero attached hydrogens (tertiary/aromatic N) is 3. The van der Waals surface area contributed by atoms with Crippen LogP contribution in [0.25, 0.3) is 11.4 Å². The maximum absolute atomic E-state index is 12.8. The fourth-order valence-corrected chi connectivity index (χ4v) is 4.90. The Morgan fingerprint density at radius 3 is 2.55 bits per heavy atom. The van der Waals surface area contributed by atoms with Crippen molar-refractivity contribution in [3.8, 4) is 11.4 Å². The Kier molecular flexibility index (Phi) is 6.11. The summed E-state index contributed by atoms with van der Waals surface area (Å²) < 4.78 is 33.4. The van der Waals surface area contributed by atoms with Gasteiger partial charge in [-0.2, -0.15) is 4.98 Å². The monoisotopic (exact) mass is 468 g/mol. The third-order valence-electron chi connectivity index (χ3n) is 5.75. The lowest BCUT2D eigenvalue weighted by Crippen LogP contribution is -2.33. The van der Waals surface area contributed by atoms with Gasteiger partial charge in [0.25, 0.3) is 0 Å². The lowest BCUT2D eigenvalue weighted by Gasteiger charge is -2.28. The SMILES string of the molecule is CC(=O)N1CCCc2cc(S(=O)(=O)NCc3nc(-c4ccc(C(C)(C)C)cc4)no3)ccc21. The highest BCUT2D eigenvalue weighted by Gasteiger charge is 2.23. The summed E-state index contributed by atoms with van der Waals surface area (Å²) in [7, 11) is -3.79. The zero-order chi connectivity index (χ0) is 23.8. The molecule has 1 aromatic heterocycles. The van der Waals surface area contributed by atoms with Crippen LogP contribution < -0.4 is 9.62 Å². The molecule has 0 radical (unpaired) electrons. The zero-order valence-electron chi connectivity index (χ0n) is 19.3. The molecule has 4 rings (SSSR count). The summed E-state index contributed by atoms with van der Waals surface area (Å²) in [5, 5.41) is 3.98. The molecule has 2 heterocycles. The summed E-state index contributed by atoms with van der Waals surface area (Å²) in [5.41, 5.74) is 3.65. The molecule has 1 amide bonds. The molecule has 0 fully saturated rings. The maximum atomic E-state index is 12.8. The summed E-state index contributed by atoms with van der Waals surface area (Å²) >= 11 is 0. The Bertz CT molecular complexity index is 1270. The molecule has 9 heteroatoms. The lowest BCUT2D eigenvalue weighted by atomic mass is 9.87. The quantitative estimate of drug-likeness (QED) is 0.610. The molecule has 0 atom stereocenters. The average Bonchev–Trinajstić information content (AvgIpc) is 3.25. The number of aromatic nitrogens is 2. The highest BCUT2D eigenvalue weighted by molar-refractivity contribution is 7.89. The largest absolute Gasteiger partial charge is 0.338 e. The van der Waals surface area contributed by atoms with E-state index in [-0.39, 0.29) is 28.7 Å². The van der Waals surface area contributed by atoms with Gasteiger partial charge in [-0.25, -0.2) is 13.1 Å². The van der Waals surface area contributed by atoms with E-state index in [9.17, 15) is 13.2 Å². The van der Waals surface area contributed by atoms with Crippen LogP contribution >= 0.6 is 0 Å². The average molecular weight is 469 g/mol. The van der Waals surface area contributed by atoms with E-state index in [1.165, 1.54) is 18.6 Å². The van der Waals surface area contributed by atoms with Crippen LogP contribution in [0.3, 0.4) is 0 Å². The van der Waals surface area contributed by atoms with Crippen molar-refractivity contribution in [2.24, 2.45) is 0 Å². The smallest absolute Gasteiger partial charge is 0.242 e. The summed E-state index contributed by atoms with van der Waals surface area (Å²) in [6, 6.07) is 12.7. The highest BCUT2D eigenvalue weighted by atomic mass is 32.2. The van der Waals surface area contributed by atoms with Crippen molar-refractivity contribution < 1.29 is 17.7 Å². The standard InChI is InChI=1S/C24H28N4O4S/c1-16(29)28-13-5-6-18-14-20(11-12-21(18)28)33(30,31)25-15-22-26-23(27-32-22)17-7-9-19(10-8-17)24(2,3)4/h7-12,14,25H,5-6,13,15H2,1-4H3. The number of amides is 1. The van der Waals surface area contributed by atoms with Gasteiger partial charge in [0.15, 0.2) is 0 Å². The predicted octanol–water partition coefficient (Wildman–Crippen LogP) is 3.81. The Hall–Kier alpha value is -3.04. The molecule has 1 aliphatic rings. The summed E-state index contributed by atoms with van der Waals surface area (Å²) in [6.07, 6.45) is 1.52. The molecule has 1 N–H and O–H groups in total. The molecule has 8 nitrogen and oxygen atoms in total. The number of anilines is 1. The summed E-state index contributed by atoms with van der Waals surface area (Å²) in [4.78, 5) is 18.0. The fraction of sp³-hybridized carbons (Fsp3) is 0.375. The third kappa shape index (κ3) is 4.99. The highest BCUT2D eigenvalue weighted by Crippen LogP contribution is 2.30. The number of aryl methyl sites for hydroxylation is 1. The van der Waals surface area contributed by atoms with Crippen LogP contribution in [0.2, 0.25) is 0 Å². The van der Waals surface area contributed by atoms with Crippen LogP contribution in [0.5, 0.6) is 0 Å². The molecule has 0 bridgehead atoms. The Labute approximate surface area is 194 Å². The molecule has 0 unspecified atom stereocenters. The van der Waals surface area contributed by atoms with Gasteiger partial charge in [-0.05, 0) is 47.6 Å². The third-order valence-corrected chi connectivity index (χ3v) is 7.15. The van der Waals surface area contributed by atoms with Gasteiger partial charge in [-0.3, -0.25) is 4.79 Å². The van der Waals surface area contributed by atoms with Crippen molar-refractivity contribution >= 4 is 21.6 Å². The van der Waals surface area contributed by atoms with Crippen molar-refractivity contribution in [2.75, 3.05) is 11.4 Å². The topological polar surface area (TPSA) is 105 Å². The van der Waals surface area contributed by atoms with Gasteiger partial charge in [0.1, 0.15) is 0 Å². The van der Waals surface area contributed by atoms with E-state index in [1.54, 1.807) is 17.0 Å². The molecule has 2 aromatic carbocycles. The van der Waals surface area contributed by atoms with Gasteiger partial charge < -0.3 is 9.42 Å². The maximum Gasteiger partial charge on any atom is 0.242 e. The van der Waals surface area contributed by atoms with Crippen molar-refractivity contribution in [3.63, 3.8) is 0 Å². The van der Waals surface area contributed by atoms with Gasteiger partial charge in [0.2, 0.25) is 27.6 Å². The van der Waals surface area contributed by atoms with E-state index in [4.69, 9.17) is 4.52 Å². The molecular weight excluding hydrogens is 440 g/mol. The van der Waals surface area contributed by atoms with Crippen LogP contribution in [0.1, 0.15) is 51.1 Å². The first kappa shape index (κ1) is 23.1. The molecule has 33 heavy (non-hydrogen) atoms. The molecule has 1 aliphatic heterocycles. The van der Waals surface area contributed by atoms with Crippen LogP contribution in [0.15, 0.2) is 51.9 Å². The molecular formula is C24H28N4O4S. The second kappa shape index (κ2) is 8.72. The van der Waals surface area contributed by atoms with Crippen molar-refractivity contribution in [1.82, 2.24) is 14.9 Å². The lowest BCUT2D eigenvalue weighted by molar-refractivity contribution is -0.116. The van der Waals surface area contributed by atoms with E-state index in [1.807, 2.05) is 24.3 Å². The van der Waals surface area contributed by atoms with Crippen LogP contribution in [0.4, 0.5) is 5.69 Å². The number of rotatable bonds is 5. The number of benzene rings is 2. The number of hydrogen-bond donors (Lipinski definition) is 1. The van der Waals surface area contributed by atoms with Crippen molar-refractivity contribution in [3.05, 3.63) is 59.5 Å². The Balaban J connectivity index is 1.46. The van der Waals surface area contributed by atoms with Gasteiger partial charge in [0, 0.05) is 24.7 Å². The Morgan fingerprint density at radius 1 is 1.15 bits per heavy atom. The first-order chi connectivity index (χ1) is 15.5. The predicted molar refractivity (Wildman–Crippen MR) is 125 cm³/mol. The van der Waals surface area contributed by atoms with Crippen molar-refractivity contribution in [2.45, 2.75) is 57.4 Å².